The van der Waals surface area contributed by atoms with E-state index in [-0.39, 0.29) is 71.8 Å². The Morgan fingerprint density at radius 3 is 1.03 bits per heavy atom. The van der Waals surface area contributed by atoms with Crippen LogP contribution >= 0.6 is 14.3 Å². The van der Waals surface area contributed by atoms with Crippen LogP contribution in [0, 0.1) is 49.4 Å². The molecule has 1 aromatic heterocycles. The number of ketones is 1. The van der Waals surface area contributed by atoms with Crippen LogP contribution in [0.4, 0.5) is 22.7 Å². The Hall–Kier alpha value is -7.48. The molecule has 0 fully saturated rings. The molecule has 0 spiro atoms. The molecule has 10 aromatic carbocycles. The van der Waals surface area contributed by atoms with Crippen LogP contribution in [0.15, 0.2) is 294 Å². The summed E-state index contributed by atoms with van der Waals surface area (Å²) in [5.41, 5.74) is 2.93. The van der Waals surface area contributed by atoms with Crippen LogP contribution in [0.25, 0.3) is 11.0 Å². The number of hydrogen-bond acceptors (Lipinski definition) is 8. The molecule has 79 heavy (non-hydrogen) atoms. The minimum Gasteiger partial charge on any atom is -0.506 e. The van der Waals surface area contributed by atoms with Crippen LogP contribution < -0.4 is 47.3 Å². The quantitative estimate of drug-likeness (QED) is 0.0652. The summed E-state index contributed by atoms with van der Waals surface area (Å²) in [4.78, 5) is 30.4. The molecule has 11 heteroatoms. The monoisotopic (exact) mass is 1210 g/mol. The molecule has 0 saturated heterocycles. The first-order valence-electron chi connectivity index (χ1n) is 25.8. The van der Waals surface area contributed by atoms with Crippen molar-refractivity contribution in [3.63, 3.8) is 0 Å². The normalized spacial score (nSPS) is 10.9. The Balaban J connectivity index is 0.000000169. The van der Waals surface area contributed by atoms with Crippen molar-refractivity contribution in [1.82, 2.24) is 0 Å². The number of para-hydroxylation sites is 2. The summed E-state index contributed by atoms with van der Waals surface area (Å²) in [7, 11) is -5.55. The summed E-state index contributed by atoms with van der Waals surface area (Å²) in [6, 6.07) is 90.3. The van der Waals surface area contributed by atoms with E-state index in [1.165, 1.54) is 0 Å². The van der Waals surface area contributed by atoms with Crippen LogP contribution in [0.2, 0.25) is 0 Å². The van der Waals surface area contributed by atoms with E-state index >= 15 is 0 Å². The molecular weight excluding hydrogens is 1150 g/mol. The van der Waals surface area contributed by atoms with Gasteiger partial charge in [-0.1, -0.05) is 218 Å². The van der Waals surface area contributed by atoms with Crippen LogP contribution in [-0.2, 0) is 9.13 Å². The van der Waals surface area contributed by atoms with E-state index in [1.54, 1.807) is 24.3 Å². The van der Waals surface area contributed by atoms with Crippen LogP contribution in [0.5, 0.6) is 5.75 Å². The predicted molar refractivity (Wildman–Crippen MR) is 324 cm³/mol. The maximum atomic E-state index is 13.8. The molecule has 0 aliphatic carbocycles. The number of aromatic hydroxyl groups is 1. The average molecular weight is 1210 g/mol. The van der Waals surface area contributed by atoms with E-state index < -0.39 is 25.7 Å². The van der Waals surface area contributed by atoms with E-state index in [9.17, 15) is 23.8 Å². The van der Waals surface area contributed by atoms with Gasteiger partial charge in [-0.05, 0) is 74.5 Å². The first-order valence-corrected chi connectivity index (χ1v) is 29.2. The van der Waals surface area contributed by atoms with Crippen LogP contribution in [0.3, 0.4) is 0 Å². The second-order valence-electron chi connectivity index (χ2n) is 18.1. The van der Waals surface area contributed by atoms with Crippen molar-refractivity contribution in [3.8, 4) is 5.75 Å². The Morgan fingerprint density at radius 2 is 0.709 bits per heavy atom. The van der Waals surface area contributed by atoms with Crippen molar-refractivity contribution in [3.05, 3.63) is 307 Å². The molecule has 1 N–H and O–H groups in total. The van der Waals surface area contributed by atoms with Gasteiger partial charge in [0.2, 0.25) is 5.78 Å². The van der Waals surface area contributed by atoms with Crippen molar-refractivity contribution >= 4 is 85.6 Å². The molecule has 393 valence electrons. The largest absolute Gasteiger partial charge is 0.506 e. The van der Waals surface area contributed by atoms with Crippen molar-refractivity contribution < 1.29 is 72.8 Å². The zero-order valence-electron chi connectivity index (χ0n) is 43.7. The van der Waals surface area contributed by atoms with Crippen molar-refractivity contribution in [2.75, 3.05) is 22.9 Å². The summed E-state index contributed by atoms with van der Waals surface area (Å²) in [6.45, 7) is 5.65. The zero-order chi connectivity index (χ0) is 54.3. The second kappa shape index (κ2) is 27.4. The SMILES string of the molecule is CCN(CC)c1ccc2c(O)c(C(=O)c3ccc(N(c4ccccc4)c4ccccc4)cc3)c(=O)oc2c1.O=P(c1ccccc1)(c1ccccc1)c1ccccc1.O=P(c1ccccc1)(c1ccccc1)c1ccccc1.[Eu]. The third-order valence-electron chi connectivity index (χ3n) is 13.4. The van der Waals surface area contributed by atoms with Crippen molar-refractivity contribution in [2.45, 2.75) is 13.8 Å². The Labute approximate surface area is 503 Å². The standard InChI is InChI=1S/C32H28N2O4.2C18H15OP.Eu/c1-3-33(4-2)26-19-20-27-28(21-26)38-32(37)29(31(27)36)30(35)22-15-17-25(18-16-22)34(23-11-7-5-8-12-23)24-13-9-6-10-14-24;2*19-20(16-10-4-1-5-11-16,17-12-6-2-7-13-17)18-14-8-3-9-15-18;/h5-21,36H,3-4H2,1-2H3;2*1-15H;. The molecule has 0 bridgehead atoms. The summed E-state index contributed by atoms with van der Waals surface area (Å²) < 4.78 is 33.1. The molecule has 1 heterocycles. The summed E-state index contributed by atoms with van der Waals surface area (Å²) in [5, 5.41) is 16.5. The zero-order valence-corrected chi connectivity index (χ0v) is 47.9. The fourth-order valence-corrected chi connectivity index (χ4v) is 14.7. The molecule has 0 amide bonds. The van der Waals surface area contributed by atoms with Gasteiger partial charge in [-0.2, -0.15) is 0 Å². The second-order valence-corrected chi connectivity index (χ2v) is 23.6. The fraction of sp³-hybridized carbons (Fsp3) is 0.0588. The van der Waals surface area contributed by atoms with Crippen molar-refractivity contribution in [1.29, 1.82) is 0 Å². The maximum absolute atomic E-state index is 13.8. The molecule has 0 saturated carbocycles. The van der Waals surface area contributed by atoms with Crippen molar-refractivity contribution in [2.24, 2.45) is 0 Å². The van der Waals surface area contributed by atoms with Crippen LogP contribution in [0.1, 0.15) is 29.8 Å². The Bertz CT molecular complexity index is 3480. The van der Waals surface area contributed by atoms with E-state index in [2.05, 4.69) is 9.80 Å². The molecule has 1 radical (unpaired) electrons. The van der Waals surface area contributed by atoms with Gasteiger partial charge in [-0.3, -0.25) is 4.79 Å². The number of rotatable bonds is 14. The summed E-state index contributed by atoms with van der Waals surface area (Å²) in [5.74, 6) is -0.963. The molecular formula is C68H58EuN2O6P2. The number of anilines is 4. The van der Waals surface area contributed by atoms with E-state index in [1.807, 2.05) is 275 Å². The number of hydrogen-bond donors (Lipinski definition) is 1. The van der Waals surface area contributed by atoms with Gasteiger partial charge in [-0.15, -0.1) is 0 Å². The third kappa shape index (κ3) is 13.0. The van der Waals surface area contributed by atoms with E-state index in [0.29, 0.717) is 5.39 Å². The van der Waals surface area contributed by atoms with Gasteiger partial charge >= 0.3 is 5.63 Å². The molecule has 8 nitrogen and oxygen atoms in total. The number of carbonyl (C=O) groups excluding carboxylic acids is 1. The van der Waals surface area contributed by atoms with E-state index in [0.717, 1.165) is 67.7 Å². The first-order chi connectivity index (χ1) is 38.1. The van der Waals surface area contributed by atoms with E-state index in [4.69, 9.17) is 4.42 Å². The number of nitrogens with zero attached hydrogens (tertiary/aromatic N) is 2. The van der Waals surface area contributed by atoms with Gasteiger partial charge in [0.25, 0.3) is 0 Å². The number of fused-ring (bicyclic) bond motifs is 1. The number of benzene rings is 10. The molecule has 0 aliphatic heterocycles. The molecule has 11 rings (SSSR count). The average Bonchev–Trinajstić information content (AvgIpc) is 3.56. The van der Waals surface area contributed by atoms with Gasteiger partial charge in [0, 0.05) is 129 Å². The van der Waals surface area contributed by atoms with Gasteiger partial charge < -0.3 is 28.5 Å². The molecule has 0 unspecified atom stereocenters. The number of carbonyl (C=O) groups is 1. The minimum atomic E-state index is -2.78. The molecule has 11 aromatic rings. The van der Waals surface area contributed by atoms with Gasteiger partial charge in [0.1, 0.15) is 11.3 Å². The van der Waals surface area contributed by atoms with Gasteiger partial charge in [0.05, 0.1) is 5.39 Å². The Kier molecular flexibility index (Phi) is 20.0. The van der Waals surface area contributed by atoms with Gasteiger partial charge in [0.15, 0.2) is 19.8 Å². The fourth-order valence-electron chi connectivity index (χ4n) is 9.39. The first kappa shape index (κ1) is 57.7. The molecule has 0 atom stereocenters. The topological polar surface area (TPSA) is 108 Å². The predicted octanol–water partition coefficient (Wildman–Crippen LogP) is 13.7. The van der Waals surface area contributed by atoms with Crippen LogP contribution in [-0.4, -0.2) is 24.0 Å². The maximum Gasteiger partial charge on any atom is 0.351 e. The summed E-state index contributed by atoms with van der Waals surface area (Å²) in [6.07, 6.45) is 0. The minimum absolute atomic E-state index is 0. The van der Waals surface area contributed by atoms with Gasteiger partial charge in [-0.25, -0.2) is 4.79 Å². The Morgan fingerprint density at radius 1 is 0.418 bits per heavy atom. The molecule has 0 aliphatic rings. The summed E-state index contributed by atoms with van der Waals surface area (Å²) >= 11 is 0. The third-order valence-corrected chi connectivity index (χ3v) is 19.5. The smallest absolute Gasteiger partial charge is 0.351 e.